The van der Waals surface area contributed by atoms with Crippen molar-refractivity contribution in [1.82, 2.24) is 0 Å². The van der Waals surface area contributed by atoms with Gasteiger partial charge in [-0.3, -0.25) is 4.79 Å². The second-order valence-corrected chi connectivity index (χ2v) is 8.75. The lowest BCUT2D eigenvalue weighted by molar-refractivity contribution is -0.146. The molecule has 1 atom stereocenters. The van der Waals surface area contributed by atoms with Crippen molar-refractivity contribution in [2.75, 3.05) is 12.9 Å². The summed E-state index contributed by atoms with van der Waals surface area (Å²) in [5, 5.41) is 0. The highest BCUT2D eigenvalue weighted by Crippen LogP contribution is 2.14. The summed E-state index contributed by atoms with van der Waals surface area (Å²) in [5.41, 5.74) is 0. The van der Waals surface area contributed by atoms with Crippen molar-refractivity contribution in [2.24, 2.45) is 0 Å². The Morgan fingerprint density at radius 2 is 1.36 bits per heavy atom. The second kappa shape index (κ2) is 16.6. The fourth-order valence-electron chi connectivity index (χ4n) is 2.77. The first-order valence-corrected chi connectivity index (χ1v) is 12.4. The van der Waals surface area contributed by atoms with E-state index in [4.69, 9.17) is 9.47 Å². The molecule has 0 aliphatic rings. The first-order chi connectivity index (χ1) is 13.3. The van der Waals surface area contributed by atoms with Crippen LogP contribution in [0.2, 0.25) is 0 Å². The zero-order valence-electron chi connectivity index (χ0n) is 17.7. The molecule has 0 amide bonds. The van der Waals surface area contributed by atoms with Gasteiger partial charge >= 0.3 is 22.2 Å². The molecule has 0 bridgehead atoms. The number of carbonyl (C=O) groups is 2. The van der Waals surface area contributed by atoms with E-state index in [0.29, 0.717) is 13.0 Å². The zero-order chi connectivity index (χ0) is 21.3. The Morgan fingerprint density at radius 3 is 1.93 bits per heavy atom. The molecular formula is C20H38O7S. The first kappa shape index (κ1) is 26.7. The predicted molar refractivity (Wildman–Crippen MR) is 109 cm³/mol. The van der Waals surface area contributed by atoms with Crippen molar-refractivity contribution in [1.29, 1.82) is 0 Å². The van der Waals surface area contributed by atoms with E-state index in [1.807, 2.05) is 0 Å². The summed E-state index contributed by atoms with van der Waals surface area (Å²) in [7, 11) is -3.95. The molecule has 0 fully saturated rings. The van der Waals surface area contributed by atoms with Crippen LogP contribution in [0.1, 0.15) is 97.3 Å². The van der Waals surface area contributed by atoms with Crippen molar-refractivity contribution in [2.45, 2.75) is 103 Å². The van der Waals surface area contributed by atoms with E-state index < -0.39 is 28.3 Å². The third-order valence-electron chi connectivity index (χ3n) is 4.27. The zero-order valence-corrected chi connectivity index (χ0v) is 18.6. The highest BCUT2D eigenvalue weighted by atomic mass is 32.2. The van der Waals surface area contributed by atoms with E-state index in [-0.39, 0.29) is 6.42 Å². The van der Waals surface area contributed by atoms with Gasteiger partial charge in [0.15, 0.2) is 0 Å². The average molecular weight is 423 g/mol. The Bertz CT molecular complexity index is 517. The van der Waals surface area contributed by atoms with E-state index in [1.54, 1.807) is 0 Å². The van der Waals surface area contributed by atoms with E-state index in [1.165, 1.54) is 19.3 Å². The maximum Gasteiger partial charge on any atom is 0.524 e. The minimum Gasteiger partial charge on any atom is -0.466 e. The molecule has 166 valence electrons. The smallest absolute Gasteiger partial charge is 0.466 e. The maximum atomic E-state index is 12.0. The Morgan fingerprint density at radius 1 is 0.821 bits per heavy atom. The van der Waals surface area contributed by atoms with Crippen LogP contribution in [-0.2, 0) is 28.6 Å². The molecule has 0 spiro atoms. The number of rotatable bonds is 17. The fraction of sp³-hybridized carbons (Fsp3) is 0.900. The molecule has 0 rings (SSSR count). The third-order valence-corrected chi connectivity index (χ3v) is 4.71. The lowest BCUT2D eigenvalue weighted by Gasteiger charge is -2.16. The number of esters is 1. The molecule has 8 heteroatoms. The van der Waals surface area contributed by atoms with Gasteiger partial charge in [-0.05, 0) is 19.3 Å². The average Bonchev–Trinajstić information content (AvgIpc) is 2.59. The van der Waals surface area contributed by atoms with E-state index in [2.05, 4.69) is 18.0 Å². The number of ether oxygens (including phenoxy) is 2. The highest BCUT2D eigenvalue weighted by molar-refractivity contribution is 7.86. The van der Waals surface area contributed by atoms with Gasteiger partial charge < -0.3 is 13.7 Å². The molecule has 28 heavy (non-hydrogen) atoms. The lowest BCUT2D eigenvalue weighted by atomic mass is 10.1. The molecule has 0 aliphatic carbocycles. The summed E-state index contributed by atoms with van der Waals surface area (Å²) < 4.78 is 36.5. The van der Waals surface area contributed by atoms with Crippen LogP contribution >= 0.6 is 0 Å². The van der Waals surface area contributed by atoms with Gasteiger partial charge in [0.05, 0.1) is 19.3 Å². The summed E-state index contributed by atoms with van der Waals surface area (Å²) in [6.45, 7) is 4.63. The van der Waals surface area contributed by atoms with Crippen LogP contribution in [0, 0.1) is 0 Å². The number of carbonyl (C=O) groups excluding carboxylic acids is 2. The summed E-state index contributed by atoms with van der Waals surface area (Å²) in [4.78, 5) is 23.6. The SMILES string of the molecule is CCCCCCCCOC(=O)CC(CCCCCCC)OC(=O)OS(C)(=O)=O. The molecule has 0 heterocycles. The summed E-state index contributed by atoms with van der Waals surface area (Å²) in [6, 6.07) is 0. The third kappa shape index (κ3) is 18.1. The van der Waals surface area contributed by atoms with Crippen LogP contribution in [0.25, 0.3) is 0 Å². The largest absolute Gasteiger partial charge is 0.524 e. The molecule has 7 nitrogen and oxygen atoms in total. The molecule has 0 aromatic rings. The number of hydrogen-bond donors (Lipinski definition) is 0. The summed E-state index contributed by atoms with van der Waals surface area (Å²) in [5.74, 6) is -0.445. The van der Waals surface area contributed by atoms with Crippen molar-refractivity contribution in [3.05, 3.63) is 0 Å². The highest BCUT2D eigenvalue weighted by Gasteiger charge is 2.22. The summed E-state index contributed by atoms with van der Waals surface area (Å²) >= 11 is 0. The van der Waals surface area contributed by atoms with Gasteiger partial charge in [-0.2, -0.15) is 8.42 Å². The Balaban J connectivity index is 4.28. The van der Waals surface area contributed by atoms with Gasteiger partial charge in [0, 0.05) is 0 Å². The van der Waals surface area contributed by atoms with Gasteiger partial charge in [-0.15, -0.1) is 0 Å². The quantitative estimate of drug-likeness (QED) is 0.182. The summed E-state index contributed by atoms with van der Waals surface area (Å²) in [6.07, 6.45) is 10.7. The molecule has 1 unspecified atom stereocenters. The monoisotopic (exact) mass is 422 g/mol. The number of hydrogen-bond acceptors (Lipinski definition) is 7. The van der Waals surface area contributed by atoms with Crippen molar-refractivity contribution < 1.29 is 31.7 Å². The molecule has 0 radical (unpaired) electrons. The van der Waals surface area contributed by atoms with Gasteiger partial charge in [0.25, 0.3) is 0 Å². The molecule has 0 aromatic carbocycles. The molecular weight excluding hydrogens is 384 g/mol. The van der Waals surface area contributed by atoms with Crippen LogP contribution in [0.3, 0.4) is 0 Å². The van der Waals surface area contributed by atoms with Crippen LogP contribution in [0.15, 0.2) is 0 Å². The van der Waals surface area contributed by atoms with E-state index in [9.17, 15) is 18.0 Å². The molecule has 0 saturated carbocycles. The lowest BCUT2D eigenvalue weighted by Crippen LogP contribution is -2.25. The minimum absolute atomic E-state index is 0.0948. The van der Waals surface area contributed by atoms with E-state index in [0.717, 1.165) is 57.6 Å². The Hall–Kier alpha value is -1.31. The van der Waals surface area contributed by atoms with Gasteiger partial charge in [-0.1, -0.05) is 71.6 Å². The molecule has 0 N–H and O–H groups in total. The Labute approximate surface area is 170 Å². The first-order valence-electron chi connectivity index (χ1n) is 10.5. The van der Waals surface area contributed by atoms with Crippen LogP contribution in [0.4, 0.5) is 4.79 Å². The maximum absolute atomic E-state index is 12.0. The van der Waals surface area contributed by atoms with Crippen LogP contribution < -0.4 is 0 Å². The van der Waals surface area contributed by atoms with Crippen LogP contribution in [-0.4, -0.2) is 39.5 Å². The molecule has 0 aliphatic heterocycles. The topological polar surface area (TPSA) is 96.0 Å². The Kier molecular flexibility index (Phi) is 15.8. The molecule has 0 saturated heterocycles. The second-order valence-electron chi connectivity index (χ2n) is 7.17. The van der Waals surface area contributed by atoms with Crippen molar-refractivity contribution >= 4 is 22.2 Å². The molecule has 0 aromatic heterocycles. The van der Waals surface area contributed by atoms with Gasteiger partial charge in [-0.25, -0.2) is 4.79 Å². The predicted octanol–water partition coefficient (Wildman–Crippen LogP) is 5.12. The normalized spacial score (nSPS) is 12.4. The van der Waals surface area contributed by atoms with Gasteiger partial charge in [0.1, 0.15) is 6.10 Å². The van der Waals surface area contributed by atoms with Crippen LogP contribution in [0.5, 0.6) is 0 Å². The van der Waals surface area contributed by atoms with Crippen molar-refractivity contribution in [3.63, 3.8) is 0 Å². The van der Waals surface area contributed by atoms with Crippen molar-refractivity contribution in [3.8, 4) is 0 Å². The standard InChI is InChI=1S/C20H38O7S/c1-4-6-8-10-12-14-16-25-19(21)17-18(15-13-11-9-7-5-2)26-20(22)27-28(3,23)24/h18H,4-17H2,1-3H3. The number of unbranched alkanes of at least 4 members (excludes halogenated alkanes) is 9. The van der Waals surface area contributed by atoms with E-state index >= 15 is 0 Å². The van der Waals surface area contributed by atoms with Gasteiger partial charge in [0.2, 0.25) is 0 Å². The minimum atomic E-state index is -3.95. The fourth-order valence-corrected chi connectivity index (χ4v) is 3.06.